The molecule has 2 saturated heterocycles. The molecule has 0 aromatic rings. The van der Waals surface area contributed by atoms with Crippen LogP contribution in [0.15, 0.2) is 0 Å². The van der Waals surface area contributed by atoms with Gasteiger partial charge in [0, 0.05) is 31.6 Å². The van der Waals surface area contributed by atoms with E-state index in [2.05, 4.69) is 50.2 Å². The Bertz CT molecular complexity index is 397. The summed E-state index contributed by atoms with van der Waals surface area (Å²) in [7, 11) is 0. The van der Waals surface area contributed by atoms with Crippen LogP contribution in [-0.4, -0.2) is 61.3 Å². The van der Waals surface area contributed by atoms with Gasteiger partial charge in [0.1, 0.15) is 0 Å². The van der Waals surface area contributed by atoms with Crippen LogP contribution in [0.4, 0.5) is 0 Å². The zero-order valence-electron chi connectivity index (χ0n) is 16.2. The summed E-state index contributed by atoms with van der Waals surface area (Å²) in [6.45, 7) is 15.7. The first-order chi connectivity index (χ1) is 11.3. The van der Waals surface area contributed by atoms with Gasteiger partial charge in [0.2, 0.25) is 5.91 Å². The summed E-state index contributed by atoms with van der Waals surface area (Å²) >= 11 is 0. The van der Waals surface area contributed by atoms with Crippen LogP contribution in [0, 0.1) is 11.8 Å². The third-order valence-electron chi connectivity index (χ3n) is 5.69. The minimum Gasteiger partial charge on any atom is -0.373 e. The average molecular weight is 340 g/mol. The number of carbonyl (C=O) groups is 1. The number of ether oxygens (including phenoxy) is 1. The summed E-state index contributed by atoms with van der Waals surface area (Å²) in [5.41, 5.74) is -0.0417. The molecule has 2 aliphatic heterocycles. The summed E-state index contributed by atoms with van der Waals surface area (Å²) in [5, 5.41) is 6.58. The Balaban J connectivity index is 1.77. The highest BCUT2D eigenvalue weighted by Crippen LogP contribution is 2.24. The summed E-state index contributed by atoms with van der Waals surface area (Å²) in [5.74, 6) is 1.35. The molecule has 1 amide bonds. The summed E-state index contributed by atoms with van der Waals surface area (Å²) < 4.78 is 5.82. The van der Waals surface area contributed by atoms with Crippen molar-refractivity contribution in [2.24, 2.45) is 11.8 Å². The molecule has 5 nitrogen and oxygen atoms in total. The van der Waals surface area contributed by atoms with Gasteiger partial charge in [-0.2, -0.15) is 0 Å². The Kier molecular flexibility index (Phi) is 7.08. The van der Waals surface area contributed by atoms with E-state index in [1.54, 1.807) is 0 Å². The number of hydrogen-bond acceptors (Lipinski definition) is 4. The van der Waals surface area contributed by atoms with Crippen LogP contribution in [0.5, 0.6) is 0 Å². The number of rotatable bonds is 6. The molecule has 2 rings (SSSR count). The van der Waals surface area contributed by atoms with Crippen molar-refractivity contribution >= 4 is 5.91 Å². The molecule has 2 fully saturated rings. The molecule has 24 heavy (non-hydrogen) atoms. The molecular weight excluding hydrogens is 302 g/mol. The Hall–Kier alpha value is -0.650. The lowest BCUT2D eigenvalue weighted by Crippen LogP contribution is -2.58. The first-order valence-electron chi connectivity index (χ1n) is 9.66. The van der Waals surface area contributed by atoms with Gasteiger partial charge in [0.05, 0.1) is 12.2 Å². The molecule has 0 aromatic heterocycles. The van der Waals surface area contributed by atoms with Gasteiger partial charge in [-0.3, -0.25) is 9.69 Å². The van der Waals surface area contributed by atoms with Crippen LogP contribution in [0.3, 0.4) is 0 Å². The molecule has 5 heteroatoms. The van der Waals surface area contributed by atoms with Crippen molar-refractivity contribution in [1.29, 1.82) is 0 Å². The lowest BCUT2D eigenvalue weighted by Gasteiger charge is -2.45. The fourth-order valence-electron chi connectivity index (χ4n) is 4.04. The van der Waals surface area contributed by atoms with E-state index >= 15 is 0 Å². The van der Waals surface area contributed by atoms with E-state index in [1.165, 1.54) is 12.8 Å². The fraction of sp³-hybridized carbons (Fsp3) is 0.947. The Morgan fingerprint density at radius 1 is 1.25 bits per heavy atom. The van der Waals surface area contributed by atoms with Gasteiger partial charge in [-0.05, 0) is 65.5 Å². The molecule has 0 aliphatic carbocycles. The van der Waals surface area contributed by atoms with E-state index in [4.69, 9.17) is 4.74 Å². The lowest BCUT2D eigenvalue weighted by atomic mass is 9.84. The van der Waals surface area contributed by atoms with Crippen LogP contribution in [0.2, 0.25) is 0 Å². The first-order valence-corrected chi connectivity index (χ1v) is 9.66. The number of amides is 1. The molecule has 3 unspecified atom stereocenters. The van der Waals surface area contributed by atoms with Gasteiger partial charge < -0.3 is 15.4 Å². The summed E-state index contributed by atoms with van der Waals surface area (Å²) in [6, 6.07) is 0. The van der Waals surface area contributed by atoms with Crippen molar-refractivity contribution < 1.29 is 9.53 Å². The Morgan fingerprint density at radius 2 is 1.83 bits per heavy atom. The SMILES string of the molecule is CC1CN(C(C)(C)CNC(=O)CC(C)C2CCNCC2)CC(C)O1. The van der Waals surface area contributed by atoms with Gasteiger partial charge >= 0.3 is 0 Å². The van der Waals surface area contributed by atoms with Crippen molar-refractivity contribution in [2.45, 2.75) is 71.6 Å². The number of carbonyl (C=O) groups excluding carboxylic acids is 1. The first kappa shape index (κ1) is 19.7. The van der Waals surface area contributed by atoms with E-state index < -0.39 is 0 Å². The topological polar surface area (TPSA) is 53.6 Å². The van der Waals surface area contributed by atoms with Crippen molar-refractivity contribution in [3.63, 3.8) is 0 Å². The molecule has 0 aromatic carbocycles. The van der Waals surface area contributed by atoms with Gasteiger partial charge in [-0.1, -0.05) is 6.92 Å². The maximum atomic E-state index is 12.4. The molecule has 140 valence electrons. The normalized spacial score (nSPS) is 28.5. The van der Waals surface area contributed by atoms with Crippen molar-refractivity contribution in [2.75, 3.05) is 32.7 Å². The molecule has 0 saturated carbocycles. The highest BCUT2D eigenvalue weighted by Gasteiger charge is 2.33. The molecule has 0 bridgehead atoms. The van der Waals surface area contributed by atoms with E-state index in [0.29, 0.717) is 24.8 Å². The minimum absolute atomic E-state index is 0.0417. The van der Waals surface area contributed by atoms with Gasteiger partial charge in [-0.25, -0.2) is 0 Å². The molecule has 2 aliphatic rings. The van der Waals surface area contributed by atoms with Crippen LogP contribution in [-0.2, 0) is 9.53 Å². The molecule has 3 atom stereocenters. The summed E-state index contributed by atoms with van der Waals surface area (Å²) in [6.07, 6.45) is 3.55. The number of hydrogen-bond donors (Lipinski definition) is 2. The molecule has 2 N–H and O–H groups in total. The van der Waals surface area contributed by atoms with Crippen molar-refractivity contribution in [1.82, 2.24) is 15.5 Å². The zero-order chi connectivity index (χ0) is 17.7. The standard InChI is InChI=1S/C19H37N3O2/c1-14(17-6-8-20-9-7-17)10-18(23)21-13-19(4,5)22-11-15(2)24-16(3)12-22/h14-17,20H,6-13H2,1-5H3,(H,21,23). The third kappa shape index (κ3) is 5.71. The predicted octanol–water partition coefficient (Wildman–Crippen LogP) is 2.02. The number of morpholine rings is 1. The second-order valence-electron chi connectivity index (χ2n) is 8.52. The second kappa shape index (κ2) is 8.63. The fourth-order valence-corrected chi connectivity index (χ4v) is 4.04. The van der Waals surface area contributed by atoms with E-state index in [0.717, 1.165) is 26.2 Å². The molecule has 0 spiro atoms. The van der Waals surface area contributed by atoms with E-state index in [-0.39, 0.29) is 23.7 Å². The Labute approximate surface area is 147 Å². The number of nitrogens with one attached hydrogen (secondary N) is 2. The van der Waals surface area contributed by atoms with Crippen LogP contribution >= 0.6 is 0 Å². The average Bonchev–Trinajstić information content (AvgIpc) is 2.53. The van der Waals surface area contributed by atoms with Crippen LogP contribution in [0.1, 0.15) is 53.9 Å². The monoisotopic (exact) mass is 339 g/mol. The van der Waals surface area contributed by atoms with Gasteiger partial charge in [0.15, 0.2) is 0 Å². The number of piperidine rings is 1. The van der Waals surface area contributed by atoms with Crippen LogP contribution < -0.4 is 10.6 Å². The highest BCUT2D eigenvalue weighted by molar-refractivity contribution is 5.76. The Morgan fingerprint density at radius 3 is 2.42 bits per heavy atom. The third-order valence-corrected chi connectivity index (χ3v) is 5.69. The number of nitrogens with zero attached hydrogens (tertiary/aromatic N) is 1. The molecule has 0 radical (unpaired) electrons. The van der Waals surface area contributed by atoms with E-state index in [9.17, 15) is 4.79 Å². The van der Waals surface area contributed by atoms with Gasteiger partial charge in [-0.15, -0.1) is 0 Å². The van der Waals surface area contributed by atoms with Crippen molar-refractivity contribution in [3.8, 4) is 0 Å². The summed E-state index contributed by atoms with van der Waals surface area (Å²) in [4.78, 5) is 14.8. The highest BCUT2D eigenvalue weighted by atomic mass is 16.5. The quantitative estimate of drug-likeness (QED) is 0.777. The van der Waals surface area contributed by atoms with Crippen LogP contribution in [0.25, 0.3) is 0 Å². The lowest BCUT2D eigenvalue weighted by molar-refractivity contribution is -0.124. The second-order valence-corrected chi connectivity index (χ2v) is 8.52. The van der Waals surface area contributed by atoms with Gasteiger partial charge in [0.25, 0.3) is 0 Å². The van der Waals surface area contributed by atoms with Crippen molar-refractivity contribution in [3.05, 3.63) is 0 Å². The smallest absolute Gasteiger partial charge is 0.220 e. The molecular formula is C19H37N3O2. The largest absolute Gasteiger partial charge is 0.373 e. The predicted molar refractivity (Wildman–Crippen MR) is 98.0 cm³/mol. The minimum atomic E-state index is -0.0417. The maximum absolute atomic E-state index is 12.4. The van der Waals surface area contributed by atoms with E-state index in [1.807, 2.05) is 0 Å². The zero-order valence-corrected chi connectivity index (χ0v) is 16.2. The maximum Gasteiger partial charge on any atom is 0.220 e. The molecule has 2 heterocycles.